The first kappa shape index (κ1) is 14.2. The van der Waals surface area contributed by atoms with Crippen LogP contribution in [0.15, 0.2) is 55.1 Å². The van der Waals surface area contributed by atoms with E-state index in [1.54, 1.807) is 41.3 Å². The van der Waals surface area contributed by atoms with Crippen LogP contribution in [0.2, 0.25) is 0 Å². The first-order valence-corrected chi connectivity index (χ1v) is 7.31. The van der Waals surface area contributed by atoms with Gasteiger partial charge in [-0.2, -0.15) is 5.10 Å². The van der Waals surface area contributed by atoms with Crippen LogP contribution >= 0.6 is 0 Å². The lowest BCUT2D eigenvalue weighted by molar-refractivity contribution is -0.125. The summed E-state index contributed by atoms with van der Waals surface area (Å²) in [4.78, 5) is 20.5. The number of rotatable bonds is 3. The number of anilines is 1. The molecule has 0 saturated heterocycles. The number of aromatic nitrogens is 4. The molecule has 1 aromatic carbocycles. The van der Waals surface area contributed by atoms with Crippen molar-refractivity contribution >= 4 is 11.7 Å². The highest BCUT2D eigenvalue weighted by molar-refractivity contribution is 5.94. The van der Waals surface area contributed by atoms with E-state index in [1.165, 1.54) is 6.33 Å². The Morgan fingerprint density at radius 3 is 2.92 bits per heavy atom. The minimum Gasteiger partial charge on any atom is -0.485 e. The summed E-state index contributed by atoms with van der Waals surface area (Å²) in [7, 11) is 0. The predicted octanol–water partition coefficient (Wildman–Crippen LogP) is 1.44. The van der Waals surface area contributed by atoms with Gasteiger partial charge in [-0.15, -0.1) is 0 Å². The van der Waals surface area contributed by atoms with Gasteiger partial charge in [0.15, 0.2) is 17.3 Å². The van der Waals surface area contributed by atoms with Crippen LogP contribution in [0.25, 0.3) is 5.82 Å². The van der Waals surface area contributed by atoms with Gasteiger partial charge in [0.1, 0.15) is 18.8 Å². The quantitative estimate of drug-likeness (QED) is 0.784. The van der Waals surface area contributed by atoms with Crippen LogP contribution in [-0.4, -0.2) is 38.4 Å². The Morgan fingerprint density at radius 1 is 1.21 bits per heavy atom. The summed E-state index contributed by atoms with van der Waals surface area (Å²) in [6.45, 7) is 0.139. The minimum absolute atomic E-state index is 0.139. The van der Waals surface area contributed by atoms with Crippen LogP contribution in [0.3, 0.4) is 0 Å². The Bertz CT molecular complexity index is 866. The van der Waals surface area contributed by atoms with Crippen molar-refractivity contribution in [1.82, 2.24) is 19.7 Å². The highest BCUT2D eigenvalue weighted by Gasteiger charge is 2.27. The van der Waals surface area contributed by atoms with Crippen molar-refractivity contribution in [2.75, 3.05) is 11.9 Å². The summed E-state index contributed by atoms with van der Waals surface area (Å²) in [5.74, 6) is 1.75. The monoisotopic (exact) mass is 323 g/mol. The van der Waals surface area contributed by atoms with E-state index in [2.05, 4.69) is 20.4 Å². The van der Waals surface area contributed by atoms with Gasteiger partial charge in [0.2, 0.25) is 6.10 Å². The fourth-order valence-electron chi connectivity index (χ4n) is 2.30. The Balaban J connectivity index is 1.48. The van der Waals surface area contributed by atoms with Crippen LogP contribution < -0.4 is 14.8 Å². The molecule has 2 aromatic heterocycles. The smallest absolute Gasteiger partial charge is 0.270 e. The fourth-order valence-corrected chi connectivity index (χ4v) is 2.30. The summed E-state index contributed by atoms with van der Waals surface area (Å²) < 4.78 is 12.8. The van der Waals surface area contributed by atoms with Crippen LogP contribution in [0, 0.1) is 0 Å². The summed E-state index contributed by atoms with van der Waals surface area (Å²) in [5.41, 5.74) is 0. The predicted molar refractivity (Wildman–Crippen MR) is 84.1 cm³/mol. The Morgan fingerprint density at radius 2 is 2.08 bits per heavy atom. The van der Waals surface area contributed by atoms with E-state index in [-0.39, 0.29) is 12.5 Å². The first-order chi connectivity index (χ1) is 11.8. The molecule has 1 N–H and O–H groups in total. The molecule has 8 nitrogen and oxygen atoms in total. The lowest BCUT2D eigenvalue weighted by Crippen LogP contribution is -2.40. The van der Waals surface area contributed by atoms with E-state index >= 15 is 0 Å². The molecule has 8 heteroatoms. The highest BCUT2D eigenvalue weighted by atomic mass is 16.6. The van der Waals surface area contributed by atoms with Crippen molar-refractivity contribution in [1.29, 1.82) is 0 Å². The largest absolute Gasteiger partial charge is 0.485 e. The number of fused-ring (bicyclic) bond motifs is 1. The molecule has 0 fully saturated rings. The Labute approximate surface area is 137 Å². The number of ether oxygens (including phenoxy) is 2. The second kappa shape index (κ2) is 5.99. The van der Waals surface area contributed by atoms with E-state index in [4.69, 9.17) is 9.47 Å². The van der Waals surface area contributed by atoms with Gasteiger partial charge < -0.3 is 14.8 Å². The van der Waals surface area contributed by atoms with Gasteiger partial charge in [-0.1, -0.05) is 12.1 Å². The maximum atomic E-state index is 12.4. The van der Waals surface area contributed by atoms with E-state index < -0.39 is 6.10 Å². The molecule has 1 amide bonds. The van der Waals surface area contributed by atoms with Crippen molar-refractivity contribution in [2.45, 2.75) is 6.10 Å². The van der Waals surface area contributed by atoms with Crippen molar-refractivity contribution < 1.29 is 14.3 Å². The van der Waals surface area contributed by atoms with Gasteiger partial charge in [-0.05, 0) is 18.2 Å². The molecular weight excluding hydrogens is 310 g/mol. The molecule has 0 unspecified atom stereocenters. The molecule has 1 aliphatic rings. The number of para-hydroxylation sites is 2. The van der Waals surface area contributed by atoms with Gasteiger partial charge in [0, 0.05) is 18.5 Å². The van der Waals surface area contributed by atoms with E-state index in [0.717, 1.165) is 0 Å². The van der Waals surface area contributed by atoms with Crippen molar-refractivity contribution in [2.24, 2.45) is 0 Å². The molecule has 1 atom stereocenters. The molecule has 24 heavy (non-hydrogen) atoms. The number of carbonyl (C=O) groups excluding carboxylic acids is 1. The first-order valence-electron chi connectivity index (χ1n) is 7.31. The van der Waals surface area contributed by atoms with Crippen LogP contribution in [0.1, 0.15) is 0 Å². The van der Waals surface area contributed by atoms with Gasteiger partial charge >= 0.3 is 0 Å². The zero-order valence-electron chi connectivity index (χ0n) is 12.5. The Kier molecular flexibility index (Phi) is 3.54. The van der Waals surface area contributed by atoms with Crippen molar-refractivity contribution in [3.8, 4) is 17.3 Å². The molecular formula is C16H13N5O3. The lowest BCUT2D eigenvalue weighted by atomic mass is 10.2. The van der Waals surface area contributed by atoms with Gasteiger partial charge in [-0.25, -0.2) is 14.6 Å². The minimum atomic E-state index is -0.747. The normalized spacial score (nSPS) is 15.8. The van der Waals surface area contributed by atoms with Gasteiger partial charge in [0.25, 0.3) is 5.91 Å². The maximum Gasteiger partial charge on any atom is 0.270 e. The number of nitrogens with zero attached hydrogens (tertiary/aromatic N) is 4. The van der Waals surface area contributed by atoms with E-state index in [9.17, 15) is 4.79 Å². The van der Waals surface area contributed by atoms with E-state index in [0.29, 0.717) is 23.1 Å². The molecule has 0 bridgehead atoms. The summed E-state index contributed by atoms with van der Waals surface area (Å²) in [6.07, 6.45) is 4.01. The molecule has 3 aromatic rings. The van der Waals surface area contributed by atoms with Crippen LogP contribution in [0.4, 0.5) is 5.82 Å². The average molecular weight is 323 g/mol. The van der Waals surface area contributed by atoms with Crippen LogP contribution in [0.5, 0.6) is 11.5 Å². The second-order valence-corrected chi connectivity index (χ2v) is 5.07. The number of amides is 1. The molecule has 3 heterocycles. The number of hydrogen-bond donors (Lipinski definition) is 1. The third kappa shape index (κ3) is 2.76. The third-order valence-electron chi connectivity index (χ3n) is 3.44. The zero-order valence-corrected chi connectivity index (χ0v) is 12.5. The molecule has 0 spiro atoms. The molecule has 120 valence electrons. The maximum absolute atomic E-state index is 12.4. The third-order valence-corrected chi connectivity index (χ3v) is 3.44. The molecule has 4 rings (SSSR count). The van der Waals surface area contributed by atoms with Gasteiger partial charge in [-0.3, -0.25) is 4.79 Å². The van der Waals surface area contributed by atoms with Crippen molar-refractivity contribution in [3.63, 3.8) is 0 Å². The van der Waals surface area contributed by atoms with Crippen molar-refractivity contribution in [3.05, 3.63) is 55.1 Å². The molecule has 0 saturated carbocycles. The number of hydrogen-bond acceptors (Lipinski definition) is 6. The van der Waals surface area contributed by atoms with Crippen LogP contribution in [-0.2, 0) is 4.79 Å². The summed E-state index contributed by atoms with van der Waals surface area (Å²) >= 11 is 0. The molecule has 1 aliphatic heterocycles. The number of carbonyl (C=O) groups is 1. The Hall–Kier alpha value is -3.42. The standard InChI is InChI=1S/C16H13N5O3/c22-16(13-9-23-11-4-1-2-5-12(11)24-13)20-14-8-15(18-10-17-14)21-7-3-6-19-21/h1-8,10,13H,9H2,(H,17,18,20,22)/t13-/m1/s1. The zero-order chi connectivity index (χ0) is 16.4. The highest BCUT2D eigenvalue weighted by Crippen LogP contribution is 2.31. The number of nitrogens with one attached hydrogen (secondary N) is 1. The fraction of sp³-hybridized carbons (Fsp3) is 0.125. The van der Waals surface area contributed by atoms with E-state index in [1.807, 2.05) is 12.1 Å². The molecule has 0 radical (unpaired) electrons. The molecule has 0 aliphatic carbocycles. The van der Waals surface area contributed by atoms with Gasteiger partial charge in [0.05, 0.1) is 0 Å². The second-order valence-electron chi connectivity index (χ2n) is 5.07. The average Bonchev–Trinajstić information content (AvgIpc) is 3.16. The topological polar surface area (TPSA) is 91.2 Å². The lowest BCUT2D eigenvalue weighted by Gasteiger charge is -2.25. The summed E-state index contributed by atoms with van der Waals surface area (Å²) in [6, 6.07) is 10.6. The summed E-state index contributed by atoms with van der Waals surface area (Å²) in [5, 5.41) is 6.80. The number of benzene rings is 1. The SMILES string of the molecule is O=C(Nc1cc(-n2cccn2)ncn1)[C@H]1COc2ccccc2O1.